The number of benzene rings is 12. The van der Waals surface area contributed by atoms with Crippen molar-refractivity contribution in [3.63, 3.8) is 0 Å². The topological polar surface area (TPSA) is 299 Å². The van der Waals surface area contributed by atoms with Gasteiger partial charge < -0.3 is 45.8 Å². The highest BCUT2D eigenvalue weighted by atomic mass is 32.1. The molecule has 0 aliphatic carbocycles. The van der Waals surface area contributed by atoms with Crippen molar-refractivity contribution in [3.05, 3.63) is 378 Å². The molecule has 109 heavy (non-hydrogen) atoms. The molecule has 12 aromatic carbocycles. The van der Waals surface area contributed by atoms with Crippen LogP contribution in [0.2, 0.25) is 0 Å². The van der Waals surface area contributed by atoms with E-state index < -0.39 is 5.97 Å². The summed E-state index contributed by atoms with van der Waals surface area (Å²) >= 11 is 4.29. The monoisotopic (exact) mass is 1480 g/mol. The van der Waals surface area contributed by atoms with Crippen LogP contribution in [0.25, 0.3) is 0 Å². The van der Waals surface area contributed by atoms with Crippen molar-refractivity contribution in [2.75, 3.05) is 5.32 Å². The van der Waals surface area contributed by atoms with Crippen LogP contribution in [0.1, 0.15) is 159 Å². The number of aliphatic hydroxyl groups is 2. The molecule has 0 radical (unpaired) electrons. The molecule has 0 fully saturated rings. The number of phenolic OH excluding ortho intramolecular Hbond substituents is 5. The highest BCUT2D eigenvalue weighted by Crippen LogP contribution is 2.30. The van der Waals surface area contributed by atoms with Gasteiger partial charge in [-0.1, -0.05) is 163 Å². The number of esters is 1. The lowest BCUT2D eigenvalue weighted by Gasteiger charge is -2.09. The average Bonchev–Trinajstić information content (AvgIpc) is 0.834. The lowest BCUT2D eigenvalue weighted by Crippen LogP contribution is -2.11. The Morgan fingerprint density at radius 3 is 0.853 bits per heavy atom. The van der Waals surface area contributed by atoms with Crippen LogP contribution in [0.5, 0.6) is 34.5 Å². The fourth-order valence-corrected chi connectivity index (χ4v) is 10.8. The number of aromatic hydroxyl groups is 5. The third-order valence-electron chi connectivity index (χ3n) is 16.4. The van der Waals surface area contributed by atoms with E-state index in [1.807, 2.05) is 103 Å². The number of hydrogen-bond acceptors (Lipinski definition) is 17. The van der Waals surface area contributed by atoms with E-state index in [-0.39, 0.29) is 110 Å². The molecule has 12 aromatic rings. The fourth-order valence-electron chi connectivity index (χ4n) is 10.5. The first-order chi connectivity index (χ1) is 51.9. The number of phenols is 5. The van der Waals surface area contributed by atoms with Crippen molar-refractivity contribution in [3.8, 4) is 34.5 Å². The van der Waals surface area contributed by atoms with E-state index in [0.29, 0.717) is 55.3 Å². The Hall–Kier alpha value is -13.1. The molecule has 18 heteroatoms. The number of carbonyl (C=O) groups is 8. The van der Waals surface area contributed by atoms with E-state index in [1.54, 1.807) is 194 Å². The third kappa shape index (κ3) is 24.2. The molecule has 0 saturated heterocycles. The highest BCUT2D eigenvalue weighted by molar-refractivity contribution is 7.80. The summed E-state index contributed by atoms with van der Waals surface area (Å²) in [6.45, 7) is 15.8. The summed E-state index contributed by atoms with van der Waals surface area (Å²) in [4.78, 5) is 96.0. The van der Waals surface area contributed by atoms with E-state index in [2.05, 4.69) is 17.9 Å². The Morgan fingerprint density at radius 1 is 0.303 bits per heavy atom. The molecular weight excluding hydrogens is 1400 g/mol. The first-order valence-electron chi connectivity index (χ1n) is 34.2. The predicted molar refractivity (Wildman–Crippen MR) is 424 cm³/mol. The van der Waals surface area contributed by atoms with Crippen molar-refractivity contribution in [2.45, 2.75) is 80.4 Å². The number of ketones is 6. The lowest BCUT2D eigenvalue weighted by atomic mass is 9.99. The molecular formula is C91H83NO16S. The maximum absolute atomic E-state index is 12.4. The first-order valence-corrected chi connectivity index (χ1v) is 34.6. The van der Waals surface area contributed by atoms with Crippen LogP contribution in [0, 0.1) is 48.5 Å². The minimum atomic E-state index is -0.416. The van der Waals surface area contributed by atoms with E-state index in [0.717, 1.165) is 50.1 Å². The number of ether oxygens (including phenoxy) is 1. The Bertz CT molecular complexity index is 5080. The van der Waals surface area contributed by atoms with Crippen molar-refractivity contribution in [2.24, 2.45) is 0 Å². The summed E-state index contributed by atoms with van der Waals surface area (Å²) in [6.07, 6.45) is 0. The number of rotatable bonds is 16. The summed E-state index contributed by atoms with van der Waals surface area (Å²) in [6, 6.07) is 73.4. The van der Waals surface area contributed by atoms with E-state index in [4.69, 9.17) is 14.9 Å². The molecule has 8 N–H and O–H groups in total. The second kappa shape index (κ2) is 39.8. The van der Waals surface area contributed by atoms with Crippen LogP contribution < -0.4 is 10.1 Å². The molecule has 0 aromatic heterocycles. The molecule has 17 nitrogen and oxygen atoms in total. The van der Waals surface area contributed by atoms with E-state index in [1.165, 1.54) is 26.0 Å². The maximum Gasteiger partial charge on any atom is 0.308 e. The average molecular weight is 1480 g/mol. The predicted octanol–water partition coefficient (Wildman–Crippen LogP) is 17.3. The van der Waals surface area contributed by atoms with Crippen LogP contribution in [-0.4, -0.2) is 82.3 Å². The lowest BCUT2D eigenvalue weighted by molar-refractivity contribution is -0.131. The molecule has 0 spiro atoms. The minimum absolute atomic E-state index is 0.00812. The molecule has 0 bridgehead atoms. The molecule has 0 saturated carbocycles. The molecule has 0 aliphatic heterocycles. The molecule has 12 rings (SSSR count). The second-order valence-corrected chi connectivity index (χ2v) is 25.9. The molecule has 0 unspecified atom stereocenters. The van der Waals surface area contributed by atoms with Gasteiger partial charge in [0, 0.05) is 57.7 Å². The number of thiol groups is 1. The van der Waals surface area contributed by atoms with Crippen LogP contribution in [-0.2, 0) is 22.8 Å². The Balaban J connectivity index is 0.000000182. The van der Waals surface area contributed by atoms with Crippen LogP contribution >= 0.6 is 12.6 Å². The Kier molecular flexibility index (Phi) is 30.4. The van der Waals surface area contributed by atoms with Gasteiger partial charge >= 0.3 is 5.97 Å². The quantitative estimate of drug-likeness (QED) is 0.0188. The zero-order chi connectivity index (χ0) is 79.6. The number of aliphatic hydroxyl groups excluding tert-OH is 2. The SMILES string of the molecule is CC(=O)Nc1ccccc1C(=O)c1ccc(C)cc1.CC(=O)Oc1ccc(C(=O)c2ccc(C)cc2O)cc1.Cc1ccc(C(=O)c2ccc(C)cc2O)c(O)c1.Cc1ccc(C(=O)c2ccc(CO)cc2)c(O)c1.Cc1ccc(C(=O)c2ccc(CO)cc2)c(O)c1.Cc1ccc(C(=O)c2ccccc2S)cc1. The number of aryl methyl sites for hydroxylation is 7. The molecule has 0 heterocycles. The summed E-state index contributed by atoms with van der Waals surface area (Å²) < 4.78 is 4.89. The fraction of sp³-hybridized carbons (Fsp3) is 0.121. The van der Waals surface area contributed by atoms with Gasteiger partial charge in [-0.25, -0.2) is 0 Å². The van der Waals surface area contributed by atoms with Gasteiger partial charge in [-0.05, 0) is 197 Å². The number of carbonyl (C=O) groups excluding carboxylic acids is 8. The Morgan fingerprint density at radius 2 is 0.560 bits per heavy atom. The van der Waals surface area contributed by atoms with E-state index in [9.17, 15) is 63.9 Å². The normalized spacial score (nSPS) is 10.2. The highest BCUT2D eigenvalue weighted by Gasteiger charge is 2.20. The summed E-state index contributed by atoms with van der Waals surface area (Å²) in [7, 11) is 0. The van der Waals surface area contributed by atoms with Crippen molar-refractivity contribution in [1.82, 2.24) is 0 Å². The van der Waals surface area contributed by atoms with E-state index >= 15 is 0 Å². The summed E-state index contributed by atoms with van der Waals surface area (Å²) in [5.41, 5.74) is 13.8. The molecule has 0 atom stereocenters. The smallest absolute Gasteiger partial charge is 0.308 e. The summed E-state index contributed by atoms with van der Waals surface area (Å²) in [5.74, 6) is -1.62. The number of amides is 1. The van der Waals surface area contributed by atoms with Gasteiger partial charge in [-0.3, -0.25) is 38.4 Å². The van der Waals surface area contributed by atoms with Crippen LogP contribution in [0.4, 0.5) is 5.69 Å². The van der Waals surface area contributed by atoms with Gasteiger partial charge in [0.25, 0.3) is 0 Å². The Labute approximate surface area is 638 Å². The second-order valence-electron chi connectivity index (χ2n) is 25.4. The van der Waals surface area contributed by atoms with Gasteiger partial charge in [0.1, 0.15) is 34.5 Å². The first kappa shape index (κ1) is 83.1. The van der Waals surface area contributed by atoms with Crippen LogP contribution in [0.3, 0.4) is 0 Å². The van der Waals surface area contributed by atoms with Crippen molar-refractivity contribution in [1.29, 1.82) is 0 Å². The zero-order valence-electron chi connectivity index (χ0n) is 61.5. The van der Waals surface area contributed by atoms with Gasteiger partial charge in [0.15, 0.2) is 34.7 Å². The number of para-hydroxylation sites is 1. The van der Waals surface area contributed by atoms with Gasteiger partial charge in [-0.15, -0.1) is 12.6 Å². The number of anilines is 1. The maximum atomic E-state index is 12.4. The summed E-state index contributed by atoms with van der Waals surface area (Å²) in [5, 5.41) is 69.4. The number of nitrogens with one attached hydrogen (secondary N) is 1. The molecule has 554 valence electrons. The van der Waals surface area contributed by atoms with Crippen LogP contribution in [0.15, 0.2) is 266 Å². The zero-order valence-corrected chi connectivity index (χ0v) is 62.4. The van der Waals surface area contributed by atoms with Gasteiger partial charge in [0.2, 0.25) is 5.91 Å². The van der Waals surface area contributed by atoms with Gasteiger partial charge in [-0.2, -0.15) is 0 Å². The third-order valence-corrected chi connectivity index (χ3v) is 16.8. The minimum Gasteiger partial charge on any atom is -0.507 e. The molecule has 0 aliphatic rings. The number of hydrogen-bond donors (Lipinski definition) is 9. The molecule has 1 amide bonds. The standard InChI is InChI=1S/C16H15NO2.C16H14O4.3C15H14O3.C14H12OS/c1-11-7-9-13(10-8-11)16(19)14-5-3-4-6-15(14)17-12(2)18;1-10-3-8-14(15(18)9-10)16(19)12-4-6-13(7-5-12)20-11(2)17;1-9-3-5-11(13(16)7-9)15(18)12-6-4-10(2)8-14(12)17;2*1-10-2-7-13(14(17)8-10)15(18)12-5-3-11(9-16)4-6-12;1-10-6-8-11(9-7-10)14(15)12-4-2-3-5-13(12)16/h3-10H,1-2H3,(H,17,18);3-9,18H,1-2H3;3-8,16-17H,1-2H3;2*2-8,16-17H,9H2,1H3;2-9,16H,1H3. The van der Waals surface area contributed by atoms with Crippen molar-refractivity contribution >= 4 is 64.9 Å². The largest absolute Gasteiger partial charge is 0.507 e. The van der Waals surface area contributed by atoms with Gasteiger partial charge in [0.05, 0.1) is 46.7 Å². The van der Waals surface area contributed by atoms with Crippen molar-refractivity contribution < 1.29 is 78.8 Å².